The van der Waals surface area contributed by atoms with E-state index in [4.69, 9.17) is 0 Å². The molecule has 0 N–H and O–H groups in total. The normalized spacial score (nSPS) is 15.7. The Morgan fingerprint density at radius 1 is 0.963 bits per heavy atom. The van der Waals surface area contributed by atoms with Gasteiger partial charge in [0.05, 0.1) is 0 Å². The molecule has 0 radical (unpaired) electrons. The highest BCUT2D eigenvalue weighted by Crippen LogP contribution is 2.21. The van der Waals surface area contributed by atoms with Gasteiger partial charge < -0.3 is 4.90 Å². The van der Waals surface area contributed by atoms with Crippen molar-refractivity contribution in [1.29, 1.82) is 0 Å². The summed E-state index contributed by atoms with van der Waals surface area (Å²) >= 11 is 1.62. The zero-order valence-electron chi connectivity index (χ0n) is 14.8. The van der Waals surface area contributed by atoms with Crippen LogP contribution in [0, 0.1) is 5.82 Å². The summed E-state index contributed by atoms with van der Waals surface area (Å²) in [7, 11) is -3.88. The van der Waals surface area contributed by atoms with Gasteiger partial charge in [-0.05, 0) is 24.3 Å². The molecule has 1 aliphatic heterocycles. The number of nitrogens with zero attached hydrogens (tertiary/aromatic N) is 2. The Morgan fingerprint density at radius 2 is 1.59 bits per heavy atom. The Balaban J connectivity index is 1.51. The van der Waals surface area contributed by atoms with Crippen molar-refractivity contribution in [1.82, 2.24) is 9.21 Å². The van der Waals surface area contributed by atoms with Crippen LogP contribution in [0.15, 0.2) is 64.4 Å². The fraction of sp³-hybridized carbons (Fsp3) is 0.316. The maximum Gasteiger partial charge on any atom is 0.246 e. The van der Waals surface area contributed by atoms with Gasteiger partial charge in [-0.15, -0.1) is 11.8 Å². The number of piperazine rings is 1. The highest BCUT2D eigenvalue weighted by atomic mass is 32.2. The standard InChI is InChI=1S/C19H21FN2O3S2/c20-17-8-4-5-9-18(17)27(24,25)22-13-11-21(12-14-22)19(23)10-15-26-16-6-2-1-3-7-16/h1-9H,10-15H2. The van der Waals surface area contributed by atoms with Crippen LogP contribution in [0.2, 0.25) is 0 Å². The van der Waals surface area contributed by atoms with Gasteiger partial charge in [0, 0.05) is 43.2 Å². The van der Waals surface area contributed by atoms with Crippen molar-refractivity contribution in [2.24, 2.45) is 0 Å². The van der Waals surface area contributed by atoms with E-state index in [1.165, 1.54) is 22.5 Å². The maximum atomic E-state index is 13.9. The number of halogens is 1. The number of amides is 1. The maximum absolute atomic E-state index is 13.9. The zero-order valence-corrected chi connectivity index (χ0v) is 16.4. The molecule has 1 heterocycles. The first kappa shape index (κ1) is 19.9. The van der Waals surface area contributed by atoms with Gasteiger partial charge in [0.2, 0.25) is 15.9 Å². The van der Waals surface area contributed by atoms with E-state index in [1.807, 2.05) is 30.3 Å². The van der Waals surface area contributed by atoms with Gasteiger partial charge in [-0.2, -0.15) is 4.31 Å². The van der Waals surface area contributed by atoms with Crippen LogP contribution in [0.5, 0.6) is 0 Å². The van der Waals surface area contributed by atoms with Gasteiger partial charge in [0.15, 0.2) is 0 Å². The summed E-state index contributed by atoms with van der Waals surface area (Å²) in [4.78, 5) is 14.8. The van der Waals surface area contributed by atoms with E-state index in [0.29, 0.717) is 25.3 Å². The first-order valence-corrected chi connectivity index (χ1v) is 11.1. The minimum Gasteiger partial charge on any atom is -0.340 e. The fourth-order valence-electron chi connectivity index (χ4n) is 2.90. The van der Waals surface area contributed by atoms with Crippen LogP contribution >= 0.6 is 11.8 Å². The average molecular weight is 409 g/mol. The lowest BCUT2D eigenvalue weighted by Gasteiger charge is -2.34. The van der Waals surface area contributed by atoms with Crippen LogP contribution < -0.4 is 0 Å². The van der Waals surface area contributed by atoms with E-state index in [2.05, 4.69) is 0 Å². The van der Waals surface area contributed by atoms with Crippen LogP contribution in [-0.2, 0) is 14.8 Å². The second kappa shape index (κ2) is 8.86. The highest BCUT2D eigenvalue weighted by Gasteiger charge is 2.31. The van der Waals surface area contributed by atoms with Crippen molar-refractivity contribution in [3.8, 4) is 0 Å². The Hall–Kier alpha value is -1.90. The summed E-state index contributed by atoms with van der Waals surface area (Å²) in [5.41, 5.74) is 0. The summed E-state index contributed by atoms with van der Waals surface area (Å²) in [5, 5.41) is 0. The molecule has 144 valence electrons. The van der Waals surface area contributed by atoms with Crippen molar-refractivity contribution in [2.75, 3.05) is 31.9 Å². The molecule has 5 nitrogen and oxygen atoms in total. The summed E-state index contributed by atoms with van der Waals surface area (Å²) in [5.74, 6) is -0.0633. The number of carbonyl (C=O) groups is 1. The van der Waals surface area contributed by atoms with Gasteiger partial charge in [-0.3, -0.25) is 4.79 Å². The SMILES string of the molecule is O=C(CCSc1ccccc1)N1CCN(S(=O)(=O)c2ccccc2F)CC1. The Labute approximate surface area is 163 Å². The lowest BCUT2D eigenvalue weighted by Crippen LogP contribution is -2.50. The van der Waals surface area contributed by atoms with Gasteiger partial charge in [0.25, 0.3) is 0 Å². The molecule has 1 saturated heterocycles. The largest absolute Gasteiger partial charge is 0.340 e. The molecule has 2 aromatic carbocycles. The topological polar surface area (TPSA) is 57.7 Å². The van der Waals surface area contributed by atoms with Crippen LogP contribution in [0.1, 0.15) is 6.42 Å². The van der Waals surface area contributed by atoms with Crippen LogP contribution in [-0.4, -0.2) is 55.5 Å². The van der Waals surface area contributed by atoms with E-state index >= 15 is 0 Å². The highest BCUT2D eigenvalue weighted by molar-refractivity contribution is 7.99. The molecule has 1 aliphatic rings. The third-order valence-corrected chi connectivity index (χ3v) is 7.32. The molecule has 1 fully saturated rings. The molecule has 0 atom stereocenters. The number of thioether (sulfide) groups is 1. The Bertz CT molecular complexity index is 883. The van der Waals surface area contributed by atoms with Crippen LogP contribution in [0.4, 0.5) is 4.39 Å². The number of hydrogen-bond donors (Lipinski definition) is 0. The Morgan fingerprint density at radius 3 is 2.26 bits per heavy atom. The molecule has 0 aliphatic carbocycles. The molecule has 1 amide bonds. The van der Waals surface area contributed by atoms with Gasteiger partial charge >= 0.3 is 0 Å². The first-order valence-electron chi connectivity index (χ1n) is 8.69. The van der Waals surface area contributed by atoms with E-state index in [-0.39, 0.29) is 23.9 Å². The number of hydrogen-bond acceptors (Lipinski definition) is 4. The van der Waals surface area contributed by atoms with Crippen molar-refractivity contribution >= 4 is 27.7 Å². The zero-order chi connectivity index (χ0) is 19.3. The number of carbonyl (C=O) groups excluding carboxylic acids is 1. The molecule has 0 saturated carbocycles. The van der Waals surface area contributed by atoms with Gasteiger partial charge in [0.1, 0.15) is 10.7 Å². The molecular formula is C19H21FN2O3S2. The van der Waals surface area contributed by atoms with Gasteiger partial charge in [-0.1, -0.05) is 30.3 Å². The third-order valence-electron chi connectivity index (χ3n) is 4.37. The second-order valence-electron chi connectivity index (χ2n) is 6.13. The predicted molar refractivity (Wildman–Crippen MR) is 104 cm³/mol. The van der Waals surface area contributed by atoms with Crippen molar-refractivity contribution in [2.45, 2.75) is 16.2 Å². The molecule has 0 aromatic heterocycles. The monoisotopic (exact) mass is 408 g/mol. The number of rotatable bonds is 6. The molecule has 0 unspecified atom stereocenters. The van der Waals surface area contributed by atoms with Crippen molar-refractivity contribution < 1.29 is 17.6 Å². The lowest BCUT2D eigenvalue weighted by atomic mass is 10.3. The van der Waals surface area contributed by atoms with E-state index in [9.17, 15) is 17.6 Å². The number of sulfonamides is 1. The molecule has 0 spiro atoms. The minimum absolute atomic E-state index is 0.0152. The van der Waals surface area contributed by atoms with Crippen molar-refractivity contribution in [3.05, 3.63) is 60.4 Å². The lowest BCUT2D eigenvalue weighted by molar-refractivity contribution is -0.131. The average Bonchev–Trinajstić information content (AvgIpc) is 2.69. The fourth-order valence-corrected chi connectivity index (χ4v) is 5.25. The molecule has 3 rings (SSSR count). The van der Waals surface area contributed by atoms with Crippen LogP contribution in [0.25, 0.3) is 0 Å². The van der Waals surface area contributed by atoms with E-state index in [0.717, 1.165) is 11.0 Å². The number of benzene rings is 2. The Kier molecular flexibility index (Phi) is 6.51. The third kappa shape index (κ3) is 4.88. The second-order valence-corrected chi connectivity index (χ2v) is 9.20. The quantitative estimate of drug-likeness (QED) is 0.690. The van der Waals surface area contributed by atoms with Crippen LogP contribution in [0.3, 0.4) is 0 Å². The smallest absolute Gasteiger partial charge is 0.246 e. The summed E-state index contributed by atoms with van der Waals surface area (Å²) in [6.07, 6.45) is 0.402. The minimum atomic E-state index is -3.88. The molecular weight excluding hydrogens is 387 g/mol. The molecule has 8 heteroatoms. The molecule has 2 aromatic rings. The van der Waals surface area contributed by atoms with E-state index in [1.54, 1.807) is 16.7 Å². The van der Waals surface area contributed by atoms with Gasteiger partial charge in [-0.25, -0.2) is 12.8 Å². The molecule has 0 bridgehead atoms. The summed E-state index contributed by atoms with van der Waals surface area (Å²) in [6, 6.07) is 15.2. The van der Waals surface area contributed by atoms with Crippen molar-refractivity contribution in [3.63, 3.8) is 0 Å². The first-order chi connectivity index (χ1) is 13.0. The molecule has 27 heavy (non-hydrogen) atoms. The summed E-state index contributed by atoms with van der Waals surface area (Å²) < 4.78 is 40.3. The predicted octanol–water partition coefficient (Wildman–Crippen LogP) is 2.84. The summed E-state index contributed by atoms with van der Waals surface area (Å²) in [6.45, 7) is 0.994. The van der Waals surface area contributed by atoms with E-state index < -0.39 is 15.8 Å².